The maximum absolute atomic E-state index is 12.8. The van der Waals surface area contributed by atoms with Gasteiger partial charge in [-0.05, 0) is 104 Å². The lowest BCUT2D eigenvalue weighted by molar-refractivity contribution is -0.142. The van der Waals surface area contributed by atoms with E-state index in [1.165, 1.54) is 44.4 Å². The Balaban J connectivity index is 0.937. The first-order valence-corrected chi connectivity index (χ1v) is 21.2. The molecule has 5 aliphatic rings. The summed E-state index contributed by atoms with van der Waals surface area (Å²) >= 11 is 0. The molecule has 2 saturated carbocycles. The Morgan fingerprint density at radius 3 is 2.19 bits per heavy atom. The summed E-state index contributed by atoms with van der Waals surface area (Å²) in [4.78, 5) is 37.8. The van der Waals surface area contributed by atoms with Gasteiger partial charge >= 0.3 is 0 Å². The topological polar surface area (TPSA) is 124 Å². The molecule has 10 heteroatoms. The van der Waals surface area contributed by atoms with Crippen molar-refractivity contribution in [3.8, 4) is 0 Å². The maximum Gasteiger partial charge on any atom is 0.254 e. The minimum Gasteiger partial charge on any atom is -0.508 e. The molecule has 1 saturated heterocycles. The van der Waals surface area contributed by atoms with Crippen LogP contribution in [0.25, 0.3) is 0 Å². The van der Waals surface area contributed by atoms with E-state index in [0.717, 1.165) is 51.4 Å². The quantitative estimate of drug-likeness (QED) is 0.0293. The number of allylic oxidation sites excluding steroid dienone is 14. The van der Waals surface area contributed by atoms with Gasteiger partial charge in [-0.15, -0.1) is 0 Å². The zero-order valence-electron chi connectivity index (χ0n) is 34.8. The van der Waals surface area contributed by atoms with E-state index >= 15 is 0 Å². The molecule has 3 fully saturated rings. The van der Waals surface area contributed by atoms with Crippen molar-refractivity contribution in [3.63, 3.8) is 0 Å². The summed E-state index contributed by atoms with van der Waals surface area (Å²) in [7, 11) is 0. The summed E-state index contributed by atoms with van der Waals surface area (Å²) in [5.41, 5.74) is 9.07. The first-order chi connectivity index (χ1) is 28.8. The molecule has 4 bridgehead atoms. The molecule has 316 valence electrons. The van der Waals surface area contributed by atoms with Crippen LogP contribution in [0.4, 0.5) is 0 Å². The van der Waals surface area contributed by atoms with E-state index in [1.807, 2.05) is 18.2 Å². The Kier molecular flexibility index (Phi) is 18.0. The average Bonchev–Trinajstić information content (AvgIpc) is 3.89. The highest BCUT2D eigenvalue weighted by atomic mass is 16.5. The number of aliphatic hydroxyl groups excluding tert-OH is 1. The number of ether oxygens (including phenoxy) is 4. The third-order valence-electron chi connectivity index (χ3n) is 11.3. The van der Waals surface area contributed by atoms with Gasteiger partial charge in [0.1, 0.15) is 23.7 Å². The van der Waals surface area contributed by atoms with Crippen LogP contribution in [0, 0.1) is 5.92 Å². The second-order valence-corrected chi connectivity index (χ2v) is 15.1. The zero-order chi connectivity index (χ0) is 42.0. The number of fused-ring (bicyclic) bond motifs is 4. The fraction of sp³-hybridized carbons (Fsp3) is 0.449. The van der Waals surface area contributed by atoms with Gasteiger partial charge in [0, 0.05) is 63.9 Å². The Hall–Kier alpha value is -5.03. The van der Waals surface area contributed by atoms with Gasteiger partial charge in [0.25, 0.3) is 5.91 Å². The molecule has 0 aromatic carbocycles. The molecule has 3 aliphatic carbocycles. The van der Waals surface area contributed by atoms with Gasteiger partial charge in [-0.2, -0.15) is 0 Å². The summed E-state index contributed by atoms with van der Waals surface area (Å²) in [5.74, 6) is -0.108. The normalized spacial score (nSPS) is 22.5. The van der Waals surface area contributed by atoms with Crippen LogP contribution >= 0.6 is 0 Å². The fourth-order valence-corrected chi connectivity index (χ4v) is 8.37. The van der Waals surface area contributed by atoms with Crippen molar-refractivity contribution in [2.75, 3.05) is 46.2 Å². The third-order valence-corrected chi connectivity index (χ3v) is 11.3. The number of unbranched alkanes of at least 4 members (excludes halogenated alkanes) is 1. The first-order valence-electron chi connectivity index (χ1n) is 21.2. The molecule has 0 aromatic rings. The number of imide groups is 1. The molecule has 2 heterocycles. The molecule has 2 N–H and O–H groups in total. The summed E-state index contributed by atoms with van der Waals surface area (Å²) < 4.78 is 23.9. The molecule has 10 nitrogen and oxygen atoms in total. The number of piperidine rings is 1. The molecule has 1 atom stereocenters. The van der Waals surface area contributed by atoms with Crippen molar-refractivity contribution < 1.29 is 38.4 Å². The average molecular weight is 807 g/mol. The number of hydrogen-bond donors (Lipinski definition) is 2. The first kappa shape index (κ1) is 45.1. The molecule has 3 amide bonds. The van der Waals surface area contributed by atoms with Crippen molar-refractivity contribution in [3.05, 3.63) is 143 Å². The molecule has 0 aromatic heterocycles. The molecule has 0 radical (unpaired) electrons. The van der Waals surface area contributed by atoms with E-state index in [4.69, 9.17) is 18.9 Å². The minimum absolute atomic E-state index is 0.114. The highest BCUT2D eigenvalue weighted by Gasteiger charge is 2.44. The highest BCUT2D eigenvalue weighted by Crippen LogP contribution is 2.56. The molecular formula is C49H62N2O8. The number of aliphatic hydroxyl groups is 1. The SMILES string of the molecule is C=C\C=C/C=C/C(CC)=C(/C=C/C=C(/O)C=C)C1C2=C3CCC(=C1CC2)C3OCCCCOCCCOCCCOC(=C)/C=C\C1=CCN(C2CCC(=O)NC2=O)C1=O. The number of nitrogens with zero attached hydrogens (tertiary/aromatic N) is 1. The largest absolute Gasteiger partial charge is 0.508 e. The van der Waals surface area contributed by atoms with Crippen LogP contribution in [0.3, 0.4) is 0 Å². The van der Waals surface area contributed by atoms with Crippen molar-refractivity contribution in [2.45, 2.75) is 89.7 Å². The minimum atomic E-state index is -0.627. The summed E-state index contributed by atoms with van der Waals surface area (Å²) in [6.07, 6.45) is 31.6. The van der Waals surface area contributed by atoms with E-state index < -0.39 is 11.9 Å². The molecular weight excluding hydrogens is 745 g/mol. The summed E-state index contributed by atoms with van der Waals surface area (Å²) in [5, 5.41) is 12.3. The number of carbonyl (C=O) groups excluding carboxylic acids is 3. The van der Waals surface area contributed by atoms with Crippen LogP contribution in [-0.2, 0) is 33.3 Å². The second-order valence-electron chi connectivity index (χ2n) is 15.1. The highest BCUT2D eigenvalue weighted by molar-refractivity contribution is 6.05. The Morgan fingerprint density at radius 1 is 0.831 bits per heavy atom. The van der Waals surface area contributed by atoms with Crippen molar-refractivity contribution >= 4 is 17.7 Å². The van der Waals surface area contributed by atoms with Crippen LogP contribution in [0.2, 0.25) is 0 Å². The molecule has 59 heavy (non-hydrogen) atoms. The zero-order valence-corrected chi connectivity index (χ0v) is 34.8. The smallest absolute Gasteiger partial charge is 0.254 e. The van der Waals surface area contributed by atoms with E-state index in [-0.39, 0.29) is 36.0 Å². The Morgan fingerprint density at radius 2 is 1.51 bits per heavy atom. The van der Waals surface area contributed by atoms with Crippen molar-refractivity contribution in [1.29, 1.82) is 0 Å². The Labute approximate surface area is 350 Å². The Bertz CT molecular complexity index is 1840. The van der Waals surface area contributed by atoms with E-state index in [2.05, 4.69) is 50.2 Å². The number of amides is 3. The van der Waals surface area contributed by atoms with Gasteiger partial charge in [0.2, 0.25) is 11.8 Å². The molecule has 5 rings (SSSR count). The second kappa shape index (κ2) is 23.5. The van der Waals surface area contributed by atoms with Crippen LogP contribution in [0.1, 0.15) is 77.6 Å². The fourth-order valence-electron chi connectivity index (χ4n) is 8.37. The van der Waals surface area contributed by atoms with Gasteiger partial charge in [-0.1, -0.05) is 86.4 Å². The maximum atomic E-state index is 12.8. The predicted molar refractivity (Wildman–Crippen MR) is 232 cm³/mol. The van der Waals surface area contributed by atoms with E-state index in [0.29, 0.717) is 70.4 Å². The van der Waals surface area contributed by atoms with Crippen molar-refractivity contribution in [1.82, 2.24) is 10.2 Å². The van der Waals surface area contributed by atoms with Crippen LogP contribution in [0.15, 0.2) is 143 Å². The van der Waals surface area contributed by atoms with E-state index in [9.17, 15) is 19.5 Å². The van der Waals surface area contributed by atoms with Crippen LogP contribution in [0.5, 0.6) is 0 Å². The standard InChI is InChI=1S/C49H62N2O8/c1-5-8-9-10-16-36(6-2)39(18-13-17-38(52)7-3)46-40-21-22-41(46)43-24-23-42(40)47(43)59-33-12-11-29-56-30-14-31-57-32-15-34-58-35(4)19-20-37-27-28-51(49(37)55)44-25-26-45(53)50-48(44)54/h5,7-10,13,16-20,27,44,46-47,52H,1,3-4,6,11-12,14-15,21-26,28-34H2,2H3,(H,50,53,54)/b9-8-,16-10+,18-13+,20-19-,38-17+,39-36-. The lowest BCUT2D eigenvalue weighted by Crippen LogP contribution is -2.53. The molecule has 0 spiro atoms. The van der Waals surface area contributed by atoms with Gasteiger partial charge < -0.3 is 29.0 Å². The number of nitrogens with one attached hydrogen (secondary N) is 1. The monoisotopic (exact) mass is 806 g/mol. The number of carbonyl (C=O) groups is 3. The predicted octanol–water partition coefficient (Wildman–Crippen LogP) is 8.63. The lowest BCUT2D eigenvalue weighted by atomic mass is 9.79. The van der Waals surface area contributed by atoms with Gasteiger partial charge in [0.15, 0.2) is 0 Å². The van der Waals surface area contributed by atoms with Crippen molar-refractivity contribution in [2.24, 2.45) is 5.92 Å². The summed E-state index contributed by atoms with van der Waals surface area (Å²) in [6.45, 7) is 17.5. The lowest BCUT2D eigenvalue weighted by Gasteiger charge is -2.30. The van der Waals surface area contributed by atoms with Crippen LogP contribution < -0.4 is 5.32 Å². The third kappa shape index (κ3) is 12.5. The van der Waals surface area contributed by atoms with Gasteiger partial charge in [0.05, 0.1) is 6.61 Å². The van der Waals surface area contributed by atoms with Crippen LogP contribution in [-0.4, -0.2) is 86.1 Å². The molecule has 1 unspecified atom stereocenters. The molecule has 2 aliphatic heterocycles. The van der Waals surface area contributed by atoms with Gasteiger partial charge in [-0.3, -0.25) is 19.7 Å². The summed E-state index contributed by atoms with van der Waals surface area (Å²) in [6, 6.07) is -0.627. The van der Waals surface area contributed by atoms with E-state index in [1.54, 1.807) is 30.4 Å². The number of hydrogen-bond acceptors (Lipinski definition) is 8. The number of rotatable bonds is 26. The van der Waals surface area contributed by atoms with Gasteiger partial charge in [-0.25, -0.2) is 0 Å².